The van der Waals surface area contributed by atoms with Crippen LogP contribution < -0.4 is 5.32 Å². The summed E-state index contributed by atoms with van der Waals surface area (Å²) in [6.07, 6.45) is 5.80. The maximum Gasteiger partial charge on any atom is 0.0883 e. The summed E-state index contributed by atoms with van der Waals surface area (Å²) >= 11 is 0. The van der Waals surface area contributed by atoms with Gasteiger partial charge in [0.15, 0.2) is 0 Å². The van der Waals surface area contributed by atoms with Crippen molar-refractivity contribution in [3.05, 3.63) is 35.4 Å². The summed E-state index contributed by atoms with van der Waals surface area (Å²) in [4.78, 5) is 0. The van der Waals surface area contributed by atoms with Gasteiger partial charge in [-0.1, -0.05) is 37.6 Å². The van der Waals surface area contributed by atoms with Crippen molar-refractivity contribution >= 4 is 0 Å². The maximum atomic E-state index is 10.8. The van der Waals surface area contributed by atoms with Crippen molar-refractivity contribution in [1.82, 2.24) is 5.32 Å². The topological polar surface area (TPSA) is 32.3 Å². The van der Waals surface area contributed by atoms with Crippen molar-refractivity contribution in [3.63, 3.8) is 0 Å². The van der Waals surface area contributed by atoms with E-state index >= 15 is 0 Å². The van der Waals surface area contributed by atoms with Gasteiger partial charge in [0, 0.05) is 0 Å². The molecule has 106 valence electrons. The van der Waals surface area contributed by atoms with Crippen LogP contribution in [0.15, 0.2) is 24.3 Å². The molecule has 2 N–H and O–H groups in total. The molecule has 0 spiro atoms. The minimum absolute atomic E-state index is 0.672. The van der Waals surface area contributed by atoms with Crippen LogP contribution >= 0.6 is 0 Å². The number of hydrogen-bond acceptors (Lipinski definition) is 2. The smallest absolute Gasteiger partial charge is 0.0883 e. The summed E-state index contributed by atoms with van der Waals surface area (Å²) in [7, 11) is 0. The summed E-state index contributed by atoms with van der Waals surface area (Å²) < 4.78 is 0. The van der Waals surface area contributed by atoms with E-state index in [2.05, 4.69) is 30.4 Å². The molecule has 2 rings (SSSR count). The van der Waals surface area contributed by atoms with Crippen molar-refractivity contribution in [2.24, 2.45) is 0 Å². The van der Waals surface area contributed by atoms with Gasteiger partial charge >= 0.3 is 0 Å². The summed E-state index contributed by atoms with van der Waals surface area (Å²) in [5, 5.41) is 14.2. The van der Waals surface area contributed by atoms with E-state index in [1.165, 1.54) is 24.8 Å². The molecule has 1 aliphatic carbocycles. The maximum absolute atomic E-state index is 10.8. The summed E-state index contributed by atoms with van der Waals surface area (Å²) in [5.41, 5.74) is 1.79. The Labute approximate surface area is 117 Å². The van der Waals surface area contributed by atoms with Crippen LogP contribution in [0.25, 0.3) is 0 Å². The van der Waals surface area contributed by atoms with E-state index < -0.39 is 5.60 Å². The average molecular weight is 261 g/mol. The van der Waals surface area contributed by atoms with Crippen molar-refractivity contribution in [3.8, 4) is 0 Å². The second-order valence-corrected chi connectivity index (χ2v) is 5.99. The van der Waals surface area contributed by atoms with Gasteiger partial charge in [0.1, 0.15) is 0 Å². The molecular formula is C17H27NO. The van der Waals surface area contributed by atoms with Crippen LogP contribution in [0, 0.1) is 0 Å². The molecular weight excluding hydrogens is 234 g/mol. The third kappa shape index (κ3) is 3.58. The molecule has 0 heterocycles. The number of nitrogens with one attached hydrogen (secondary N) is 1. The Balaban J connectivity index is 2.05. The SMILES string of the molecule is CCCNCCC(C)(O)c1ccccc1C1CCC1. The fourth-order valence-electron chi connectivity index (χ4n) is 2.83. The molecule has 2 heteroatoms. The Morgan fingerprint density at radius 3 is 2.63 bits per heavy atom. The molecule has 0 radical (unpaired) electrons. The molecule has 0 aliphatic heterocycles. The third-order valence-electron chi connectivity index (χ3n) is 4.30. The third-order valence-corrected chi connectivity index (χ3v) is 4.30. The van der Waals surface area contributed by atoms with E-state index in [9.17, 15) is 5.11 Å². The molecule has 19 heavy (non-hydrogen) atoms. The Hall–Kier alpha value is -0.860. The van der Waals surface area contributed by atoms with E-state index in [-0.39, 0.29) is 0 Å². The first-order valence-electron chi connectivity index (χ1n) is 7.67. The lowest BCUT2D eigenvalue weighted by atomic mass is 9.75. The highest BCUT2D eigenvalue weighted by molar-refractivity contribution is 5.35. The summed E-state index contributed by atoms with van der Waals surface area (Å²) in [5.74, 6) is 0.672. The summed E-state index contributed by atoms with van der Waals surface area (Å²) in [6.45, 7) is 6.02. The van der Waals surface area contributed by atoms with Crippen molar-refractivity contribution in [2.75, 3.05) is 13.1 Å². The Bertz CT molecular complexity index is 396. The Morgan fingerprint density at radius 1 is 1.26 bits per heavy atom. The van der Waals surface area contributed by atoms with Gasteiger partial charge in [0.25, 0.3) is 0 Å². The van der Waals surface area contributed by atoms with Gasteiger partial charge in [-0.3, -0.25) is 0 Å². The summed E-state index contributed by atoms with van der Waals surface area (Å²) in [6, 6.07) is 8.45. The first-order chi connectivity index (χ1) is 9.15. The van der Waals surface area contributed by atoms with Crippen LogP contribution in [0.2, 0.25) is 0 Å². The molecule has 1 atom stereocenters. The van der Waals surface area contributed by atoms with Gasteiger partial charge in [-0.2, -0.15) is 0 Å². The fourth-order valence-corrected chi connectivity index (χ4v) is 2.83. The van der Waals surface area contributed by atoms with Gasteiger partial charge in [0.2, 0.25) is 0 Å². The predicted octanol–water partition coefficient (Wildman–Crippen LogP) is 3.55. The Kier molecular flexibility index (Phi) is 5.00. The Morgan fingerprint density at radius 2 is 2.00 bits per heavy atom. The second-order valence-electron chi connectivity index (χ2n) is 5.99. The zero-order valence-electron chi connectivity index (χ0n) is 12.3. The van der Waals surface area contributed by atoms with Gasteiger partial charge < -0.3 is 10.4 Å². The lowest BCUT2D eigenvalue weighted by molar-refractivity contribution is 0.0463. The second kappa shape index (κ2) is 6.53. The molecule has 1 unspecified atom stereocenters. The monoisotopic (exact) mass is 261 g/mol. The molecule has 0 bridgehead atoms. The standard InChI is InChI=1S/C17H27NO/c1-3-12-18-13-11-17(2,19)16-10-5-4-9-15(16)14-7-6-8-14/h4-5,9-10,14,18-19H,3,6-8,11-13H2,1-2H3. The molecule has 1 fully saturated rings. The highest BCUT2D eigenvalue weighted by atomic mass is 16.3. The molecule has 1 aliphatic rings. The van der Waals surface area contributed by atoms with E-state index in [1.54, 1.807) is 0 Å². The zero-order valence-corrected chi connectivity index (χ0v) is 12.3. The van der Waals surface area contributed by atoms with Crippen LogP contribution in [-0.2, 0) is 5.60 Å². The largest absolute Gasteiger partial charge is 0.385 e. The van der Waals surface area contributed by atoms with E-state index in [0.717, 1.165) is 31.5 Å². The fraction of sp³-hybridized carbons (Fsp3) is 0.647. The number of aliphatic hydroxyl groups is 1. The van der Waals surface area contributed by atoms with Crippen LogP contribution in [0.5, 0.6) is 0 Å². The minimum Gasteiger partial charge on any atom is -0.385 e. The van der Waals surface area contributed by atoms with Crippen molar-refractivity contribution in [2.45, 2.75) is 57.5 Å². The predicted molar refractivity (Wildman–Crippen MR) is 80.4 cm³/mol. The van der Waals surface area contributed by atoms with Crippen molar-refractivity contribution in [1.29, 1.82) is 0 Å². The molecule has 0 amide bonds. The minimum atomic E-state index is -0.715. The van der Waals surface area contributed by atoms with Crippen LogP contribution in [0.4, 0.5) is 0 Å². The molecule has 0 aromatic heterocycles. The molecule has 1 saturated carbocycles. The van der Waals surface area contributed by atoms with E-state index in [4.69, 9.17) is 0 Å². The zero-order chi connectivity index (χ0) is 13.7. The lowest BCUT2D eigenvalue weighted by Gasteiger charge is -2.33. The van der Waals surface area contributed by atoms with E-state index in [0.29, 0.717) is 5.92 Å². The van der Waals surface area contributed by atoms with Crippen molar-refractivity contribution < 1.29 is 5.11 Å². The first-order valence-corrected chi connectivity index (χ1v) is 7.67. The van der Waals surface area contributed by atoms with Crippen LogP contribution in [-0.4, -0.2) is 18.2 Å². The number of hydrogen-bond donors (Lipinski definition) is 2. The van der Waals surface area contributed by atoms with E-state index in [1.807, 2.05) is 13.0 Å². The van der Waals surface area contributed by atoms with Gasteiger partial charge in [-0.15, -0.1) is 0 Å². The normalized spacial score (nSPS) is 18.9. The first kappa shape index (κ1) is 14.5. The molecule has 1 aromatic rings. The lowest BCUT2D eigenvalue weighted by Crippen LogP contribution is -2.30. The van der Waals surface area contributed by atoms with Gasteiger partial charge in [0.05, 0.1) is 5.60 Å². The van der Waals surface area contributed by atoms with Crippen LogP contribution in [0.3, 0.4) is 0 Å². The highest BCUT2D eigenvalue weighted by Crippen LogP contribution is 2.41. The molecule has 0 saturated heterocycles. The quantitative estimate of drug-likeness (QED) is 0.736. The van der Waals surface area contributed by atoms with Crippen LogP contribution in [0.1, 0.15) is 63.0 Å². The average Bonchev–Trinajstić information content (AvgIpc) is 2.33. The van der Waals surface area contributed by atoms with Gasteiger partial charge in [-0.05, 0) is 62.7 Å². The number of rotatable bonds is 7. The highest BCUT2D eigenvalue weighted by Gasteiger charge is 2.30. The van der Waals surface area contributed by atoms with Gasteiger partial charge in [-0.25, -0.2) is 0 Å². The molecule has 1 aromatic carbocycles. The molecule has 2 nitrogen and oxygen atoms in total. The number of benzene rings is 1.